The highest BCUT2D eigenvalue weighted by atomic mass is 16.3. The van der Waals surface area contributed by atoms with Crippen LogP contribution in [0.2, 0.25) is 0 Å². The summed E-state index contributed by atoms with van der Waals surface area (Å²) in [6.07, 6.45) is 0.986. The van der Waals surface area contributed by atoms with Gasteiger partial charge in [0, 0.05) is 30.5 Å². The van der Waals surface area contributed by atoms with Crippen LogP contribution in [0.5, 0.6) is 0 Å². The zero-order chi connectivity index (χ0) is 16.9. The van der Waals surface area contributed by atoms with Crippen molar-refractivity contribution in [2.75, 3.05) is 0 Å². The maximum absolute atomic E-state index is 12.0. The average molecular weight is 323 g/mol. The van der Waals surface area contributed by atoms with Crippen LogP contribution in [-0.2, 0) is 17.8 Å². The number of nitrogens with one attached hydrogen (secondary N) is 1. The van der Waals surface area contributed by atoms with Crippen LogP contribution in [0.1, 0.15) is 29.3 Å². The second-order valence-corrected chi connectivity index (χ2v) is 5.85. The summed E-state index contributed by atoms with van der Waals surface area (Å²) in [6.45, 7) is 4.30. The van der Waals surface area contributed by atoms with Gasteiger partial charge in [0.25, 0.3) is 0 Å². The highest BCUT2D eigenvalue weighted by molar-refractivity contribution is 5.76. The van der Waals surface area contributed by atoms with Gasteiger partial charge in [-0.3, -0.25) is 4.79 Å². The molecule has 2 heterocycles. The number of amides is 1. The topological polar surface area (TPSA) is 55.4 Å². The van der Waals surface area contributed by atoms with Crippen molar-refractivity contribution in [2.24, 2.45) is 0 Å². The molecule has 0 bridgehead atoms. The van der Waals surface area contributed by atoms with E-state index in [0.29, 0.717) is 19.4 Å². The van der Waals surface area contributed by atoms with E-state index in [0.717, 1.165) is 34.2 Å². The fourth-order valence-electron chi connectivity index (χ4n) is 2.65. The minimum atomic E-state index is 0.00548. The molecular formula is C20H21NO3. The summed E-state index contributed by atoms with van der Waals surface area (Å²) in [5, 5.41) is 2.92. The van der Waals surface area contributed by atoms with Crippen molar-refractivity contribution in [3.63, 3.8) is 0 Å². The third-order valence-electron chi connectivity index (χ3n) is 3.94. The van der Waals surface area contributed by atoms with E-state index in [4.69, 9.17) is 8.83 Å². The lowest BCUT2D eigenvalue weighted by atomic mass is 10.2. The summed E-state index contributed by atoms with van der Waals surface area (Å²) >= 11 is 0. The molecule has 124 valence electrons. The van der Waals surface area contributed by atoms with Crippen molar-refractivity contribution in [1.29, 1.82) is 0 Å². The van der Waals surface area contributed by atoms with Gasteiger partial charge in [-0.05, 0) is 32.0 Å². The first-order valence-corrected chi connectivity index (χ1v) is 8.08. The van der Waals surface area contributed by atoms with E-state index in [2.05, 4.69) is 5.32 Å². The van der Waals surface area contributed by atoms with E-state index >= 15 is 0 Å². The van der Waals surface area contributed by atoms with Crippen LogP contribution < -0.4 is 5.32 Å². The Morgan fingerprint density at radius 3 is 2.54 bits per heavy atom. The molecule has 4 heteroatoms. The highest BCUT2D eigenvalue weighted by Gasteiger charge is 2.09. The summed E-state index contributed by atoms with van der Waals surface area (Å²) in [7, 11) is 0. The van der Waals surface area contributed by atoms with Crippen molar-refractivity contribution < 1.29 is 13.6 Å². The maximum Gasteiger partial charge on any atom is 0.220 e. The summed E-state index contributed by atoms with van der Waals surface area (Å²) in [4.78, 5) is 12.0. The number of aryl methyl sites for hydroxylation is 3. The summed E-state index contributed by atoms with van der Waals surface area (Å²) in [5.41, 5.74) is 2.06. The molecule has 0 aliphatic rings. The Labute approximate surface area is 141 Å². The molecule has 3 aromatic rings. The third kappa shape index (κ3) is 3.96. The summed E-state index contributed by atoms with van der Waals surface area (Å²) < 4.78 is 11.3. The van der Waals surface area contributed by atoms with E-state index in [1.54, 1.807) is 0 Å². The molecule has 0 radical (unpaired) electrons. The van der Waals surface area contributed by atoms with Crippen LogP contribution in [0.3, 0.4) is 0 Å². The van der Waals surface area contributed by atoms with Gasteiger partial charge in [0.2, 0.25) is 5.91 Å². The van der Waals surface area contributed by atoms with Gasteiger partial charge in [0.15, 0.2) is 0 Å². The van der Waals surface area contributed by atoms with Crippen molar-refractivity contribution >= 4 is 5.91 Å². The molecule has 3 rings (SSSR count). The molecule has 1 N–H and O–H groups in total. The van der Waals surface area contributed by atoms with E-state index in [1.165, 1.54) is 0 Å². The molecule has 0 fully saturated rings. The number of carbonyl (C=O) groups is 1. The van der Waals surface area contributed by atoms with Crippen LogP contribution in [0.4, 0.5) is 0 Å². The van der Waals surface area contributed by atoms with Gasteiger partial charge < -0.3 is 14.2 Å². The summed E-state index contributed by atoms with van der Waals surface area (Å²) in [5.74, 6) is 3.37. The van der Waals surface area contributed by atoms with E-state index in [9.17, 15) is 4.79 Å². The molecule has 0 saturated heterocycles. The smallest absolute Gasteiger partial charge is 0.220 e. The van der Waals surface area contributed by atoms with Crippen molar-refractivity contribution in [1.82, 2.24) is 5.32 Å². The van der Waals surface area contributed by atoms with Crippen LogP contribution in [0.25, 0.3) is 11.3 Å². The van der Waals surface area contributed by atoms with E-state index < -0.39 is 0 Å². The second-order valence-electron chi connectivity index (χ2n) is 5.85. The third-order valence-corrected chi connectivity index (χ3v) is 3.94. The van der Waals surface area contributed by atoms with Gasteiger partial charge in [-0.1, -0.05) is 30.3 Å². The predicted octanol–water partition coefficient (Wildman–Crippen LogP) is 4.41. The van der Waals surface area contributed by atoms with Crippen LogP contribution in [-0.4, -0.2) is 5.91 Å². The van der Waals surface area contributed by atoms with Crippen LogP contribution >= 0.6 is 0 Å². The molecule has 4 nitrogen and oxygen atoms in total. The second kappa shape index (κ2) is 7.21. The van der Waals surface area contributed by atoms with Crippen molar-refractivity contribution in [3.05, 3.63) is 71.4 Å². The highest BCUT2D eigenvalue weighted by Crippen LogP contribution is 2.22. The van der Waals surface area contributed by atoms with Crippen molar-refractivity contribution in [2.45, 2.75) is 33.2 Å². The fourth-order valence-corrected chi connectivity index (χ4v) is 2.65. The number of hydrogen-bond acceptors (Lipinski definition) is 3. The Hall–Kier alpha value is -2.75. The first-order chi connectivity index (χ1) is 11.6. The normalized spacial score (nSPS) is 10.8. The molecule has 24 heavy (non-hydrogen) atoms. The van der Waals surface area contributed by atoms with Gasteiger partial charge in [-0.15, -0.1) is 0 Å². The minimum Gasteiger partial charge on any atom is -0.466 e. The number of benzene rings is 1. The molecule has 0 aliphatic heterocycles. The lowest BCUT2D eigenvalue weighted by Gasteiger charge is -2.03. The standard InChI is InChI=1S/C20H21NO3/c1-14-12-17(15(2)23-14)13-21-20(22)11-9-18-8-10-19(24-18)16-6-4-3-5-7-16/h3-8,10,12H,9,11,13H2,1-2H3,(H,21,22). The Morgan fingerprint density at radius 2 is 1.83 bits per heavy atom. The molecule has 0 spiro atoms. The number of furan rings is 2. The molecular weight excluding hydrogens is 302 g/mol. The Balaban J connectivity index is 1.50. The summed E-state index contributed by atoms with van der Waals surface area (Å²) in [6, 6.07) is 15.8. The van der Waals surface area contributed by atoms with Crippen LogP contribution in [0.15, 0.2) is 57.4 Å². The van der Waals surface area contributed by atoms with E-state index in [1.807, 2.05) is 62.4 Å². The zero-order valence-corrected chi connectivity index (χ0v) is 14.0. The number of hydrogen-bond donors (Lipinski definition) is 1. The molecule has 2 aromatic heterocycles. The van der Waals surface area contributed by atoms with Gasteiger partial charge >= 0.3 is 0 Å². The molecule has 0 atom stereocenters. The molecule has 0 aliphatic carbocycles. The average Bonchev–Trinajstić information content (AvgIpc) is 3.18. The zero-order valence-electron chi connectivity index (χ0n) is 14.0. The quantitative estimate of drug-likeness (QED) is 0.731. The molecule has 1 aromatic carbocycles. The molecule has 0 saturated carbocycles. The Kier molecular flexibility index (Phi) is 4.85. The monoisotopic (exact) mass is 323 g/mol. The minimum absolute atomic E-state index is 0.00548. The maximum atomic E-state index is 12.0. The largest absolute Gasteiger partial charge is 0.466 e. The van der Waals surface area contributed by atoms with Gasteiger partial charge in [0.1, 0.15) is 23.0 Å². The van der Waals surface area contributed by atoms with Gasteiger partial charge in [-0.2, -0.15) is 0 Å². The van der Waals surface area contributed by atoms with Crippen molar-refractivity contribution in [3.8, 4) is 11.3 Å². The van der Waals surface area contributed by atoms with E-state index in [-0.39, 0.29) is 5.91 Å². The molecule has 0 unspecified atom stereocenters. The van der Waals surface area contributed by atoms with Gasteiger partial charge in [0.05, 0.1) is 0 Å². The SMILES string of the molecule is Cc1cc(CNC(=O)CCc2ccc(-c3ccccc3)o2)c(C)o1. The first kappa shape index (κ1) is 16.1. The Morgan fingerprint density at radius 1 is 1.04 bits per heavy atom. The first-order valence-electron chi connectivity index (χ1n) is 8.08. The predicted molar refractivity (Wildman–Crippen MR) is 92.5 cm³/mol. The van der Waals surface area contributed by atoms with Crippen LogP contribution in [0, 0.1) is 13.8 Å². The lowest BCUT2D eigenvalue weighted by Crippen LogP contribution is -2.23. The number of rotatable bonds is 6. The Bertz CT molecular complexity index is 815. The lowest BCUT2D eigenvalue weighted by molar-refractivity contribution is -0.121. The number of carbonyl (C=O) groups excluding carboxylic acids is 1. The van der Waals surface area contributed by atoms with Gasteiger partial charge in [-0.25, -0.2) is 0 Å². The molecule has 1 amide bonds. The fraction of sp³-hybridized carbons (Fsp3) is 0.250.